The van der Waals surface area contributed by atoms with Crippen LogP contribution in [0.25, 0.3) is 33.9 Å². The summed E-state index contributed by atoms with van der Waals surface area (Å²) in [6, 6.07) is 14.0. The van der Waals surface area contributed by atoms with Crippen molar-refractivity contribution >= 4 is 11.9 Å². The van der Waals surface area contributed by atoms with E-state index in [-0.39, 0.29) is 12.5 Å². The number of benzene rings is 1. The first-order valence-corrected chi connectivity index (χ1v) is 11.4. The van der Waals surface area contributed by atoms with Crippen LogP contribution >= 0.6 is 0 Å². The lowest BCUT2D eigenvalue weighted by atomic mass is 10.1. The standard InChI is InChI=1S/C23H22N6O.C2HF3O2/c30-22(28-10-4-5-11-28)16-29-15-19(13-26-29)18-8-9-24-20(12-18)23-25-14-21(27-23)17-6-2-1-3-7-17;3-2(4,5)1(6)7/h1-3,6-9,12-15H,4-5,10-11,16H2,(H,25,27);(H,6,7). The van der Waals surface area contributed by atoms with Crippen molar-refractivity contribution in [3.63, 3.8) is 0 Å². The zero-order valence-electron chi connectivity index (χ0n) is 19.5. The number of alkyl halides is 3. The summed E-state index contributed by atoms with van der Waals surface area (Å²) in [7, 11) is 0. The molecule has 12 heteroatoms. The third-order valence-electron chi connectivity index (χ3n) is 5.63. The zero-order chi connectivity index (χ0) is 26.4. The molecule has 37 heavy (non-hydrogen) atoms. The van der Waals surface area contributed by atoms with Gasteiger partial charge in [0.2, 0.25) is 5.91 Å². The highest BCUT2D eigenvalue weighted by Gasteiger charge is 2.38. The van der Waals surface area contributed by atoms with Crippen LogP contribution in [0.1, 0.15) is 12.8 Å². The molecule has 0 radical (unpaired) electrons. The topological polar surface area (TPSA) is 117 Å². The Morgan fingerprint density at radius 1 is 0.973 bits per heavy atom. The van der Waals surface area contributed by atoms with Gasteiger partial charge in [-0.3, -0.25) is 14.5 Å². The van der Waals surface area contributed by atoms with E-state index in [1.54, 1.807) is 17.1 Å². The second-order valence-corrected chi connectivity index (χ2v) is 8.26. The number of aromatic nitrogens is 5. The van der Waals surface area contributed by atoms with Crippen molar-refractivity contribution in [3.05, 3.63) is 67.3 Å². The molecule has 0 bridgehead atoms. The number of imidazole rings is 1. The number of carboxylic acid groups (broad SMARTS) is 1. The number of nitrogens with zero attached hydrogens (tertiary/aromatic N) is 5. The largest absolute Gasteiger partial charge is 0.490 e. The van der Waals surface area contributed by atoms with E-state index in [0.717, 1.165) is 54.0 Å². The average Bonchev–Trinajstić information content (AvgIpc) is 3.67. The number of likely N-dealkylation sites (tertiary alicyclic amines) is 1. The molecule has 0 aliphatic carbocycles. The molecule has 0 spiro atoms. The van der Waals surface area contributed by atoms with Crippen LogP contribution in [0.15, 0.2) is 67.3 Å². The molecular formula is C25H23F3N6O3. The number of carbonyl (C=O) groups is 2. The third-order valence-corrected chi connectivity index (χ3v) is 5.63. The lowest BCUT2D eigenvalue weighted by Gasteiger charge is -2.14. The Morgan fingerprint density at radius 3 is 2.35 bits per heavy atom. The van der Waals surface area contributed by atoms with Crippen molar-refractivity contribution in [1.29, 1.82) is 0 Å². The molecule has 1 aromatic carbocycles. The van der Waals surface area contributed by atoms with Gasteiger partial charge in [0.1, 0.15) is 12.2 Å². The minimum Gasteiger partial charge on any atom is -0.475 e. The van der Waals surface area contributed by atoms with E-state index in [2.05, 4.69) is 20.1 Å². The Morgan fingerprint density at radius 2 is 1.68 bits per heavy atom. The quantitative estimate of drug-likeness (QED) is 0.413. The zero-order valence-corrected chi connectivity index (χ0v) is 19.5. The Bertz CT molecular complexity index is 1360. The number of aliphatic carboxylic acids is 1. The number of halogens is 3. The fraction of sp³-hybridized carbons (Fsp3) is 0.240. The Labute approximate surface area is 209 Å². The number of pyridine rings is 1. The van der Waals surface area contributed by atoms with Crippen molar-refractivity contribution in [2.45, 2.75) is 25.6 Å². The SMILES string of the molecule is O=C(Cn1cc(-c2ccnc(-c3ncc(-c4ccccc4)[nH]3)c2)cn1)N1CCCC1.O=C(O)C(F)(F)F. The highest BCUT2D eigenvalue weighted by molar-refractivity contribution is 5.76. The second-order valence-electron chi connectivity index (χ2n) is 8.26. The molecule has 4 heterocycles. The number of aromatic amines is 1. The highest BCUT2D eigenvalue weighted by Crippen LogP contribution is 2.25. The van der Waals surface area contributed by atoms with Crippen LogP contribution in [0.3, 0.4) is 0 Å². The summed E-state index contributed by atoms with van der Waals surface area (Å²) in [5.41, 5.74) is 4.72. The lowest BCUT2D eigenvalue weighted by Crippen LogP contribution is -2.31. The Balaban J connectivity index is 0.000000405. The molecule has 3 aromatic heterocycles. The molecule has 9 nitrogen and oxygen atoms in total. The van der Waals surface area contributed by atoms with E-state index in [0.29, 0.717) is 5.82 Å². The number of H-pyrrole nitrogens is 1. The van der Waals surface area contributed by atoms with E-state index >= 15 is 0 Å². The maximum Gasteiger partial charge on any atom is 0.490 e. The molecule has 1 aliphatic heterocycles. The van der Waals surface area contributed by atoms with Crippen LogP contribution in [0, 0.1) is 0 Å². The van der Waals surface area contributed by atoms with Crippen LogP contribution in [0.2, 0.25) is 0 Å². The summed E-state index contributed by atoms with van der Waals surface area (Å²) < 4.78 is 33.4. The van der Waals surface area contributed by atoms with Crippen molar-refractivity contribution < 1.29 is 27.9 Å². The Hall–Kier alpha value is -4.48. The lowest BCUT2D eigenvalue weighted by molar-refractivity contribution is -0.192. The van der Waals surface area contributed by atoms with Gasteiger partial charge in [-0.25, -0.2) is 9.78 Å². The number of rotatable bonds is 5. The summed E-state index contributed by atoms with van der Waals surface area (Å²) in [6.07, 6.45) is 4.38. The first-order valence-electron chi connectivity index (χ1n) is 11.4. The van der Waals surface area contributed by atoms with Crippen LogP contribution in [-0.4, -0.2) is 65.9 Å². The number of carbonyl (C=O) groups excluding carboxylic acids is 1. The van der Waals surface area contributed by atoms with Crippen molar-refractivity contribution in [2.24, 2.45) is 0 Å². The predicted octanol–water partition coefficient (Wildman–Crippen LogP) is 4.26. The molecule has 2 N–H and O–H groups in total. The first-order chi connectivity index (χ1) is 17.7. The average molecular weight is 512 g/mol. The predicted molar refractivity (Wildman–Crippen MR) is 128 cm³/mol. The van der Waals surface area contributed by atoms with Crippen LogP contribution in [0.5, 0.6) is 0 Å². The molecule has 0 atom stereocenters. The number of nitrogens with one attached hydrogen (secondary N) is 1. The minimum atomic E-state index is -5.08. The van der Waals surface area contributed by atoms with Crippen LogP contribution in [-0.2, 0) is 16.1 Å². The maximum absolute atomic E-state index is 12.4. The summed E-state index contributed by atoms with van der Waals surface area (Å²) in [6.45, 7) is 1.99. The first kappa shape index (κ1) is 25.6. The number of hydrogen-bond donors (Lipinski definition) is 2. The van der Waals surface area contributed by atoms with Crippen molar-refractivity contribution in [2.75, 3.05) is 13.1 Å². The van der Waals surface area contributed by atoms with Crippen molar-refractivity contribution in [1.82, 2.24) is 29.6 Å². The van der Waals surface area contributed by atoms with Gasteiger partial charge >= 0.3 is 12.1 Å². The molecule has 192 valence electrons. The number of hydrogen-bond acceptors (Lipinski definition) is 5. The van der Waals surface area contributed by atoms with Gasteiger partial charge in [-0.05, 0) is 36.1 Å². The number of carboxylic acids is 1. The molecule has 0 unspecified atom stereocenters. The highest BCUT2D eigenvalue weighted by atomic mass is 19.4. The summed E-state index contributed by atoms with van der Waals surface area (Å²) >= 11 is 0. The summed E-state index contributed by atoms with van der Waals surface area (Å²) in [5, 5.41) is 11.5. The van der Waals surface area contributed by atoms with Gasteiger partial charge in [-0.2, -0.15) is 18.3 Å². The van der Waals surface area contributed by atoms with Gasteiger partial charge in [-0.1, -0.05) is 30.3 Å². The Kier molecular flexibility index (Phi) is 7.66. The molecule has 4 aromatic rings. The van der Waals surface area contributed by atoms with Gasteiger partial charge in [-0.15, -0.1) is 0 Å². The van der Waals surface area contributed by atoms with Gasteiger partial charge in [0, 0.05) is 31.0 Å². The van der Waals surface area contributed by atoms with Gasteiger partial charge in [0.25, 0.3) is 0 Å². The van der Waals surface area contributed by atoms with E-state index in [9.17, 15) is 18.0 Å². The normalized spacial score (nSPS) is 13.2. The fourth-order valence-electron chi connectivity index (χ4n) is 3.76. The van der Waals surface area contributed by atoms with Gasteiger partial charge in [0.05, 0.1) is 18.1 Å². The molecule has 1 saturated heterocycles. The minimum absolute atomic E-state index is 0.126. The van der Waals surface area contributed by atoms with Gasteiger partial charge in [0.15, 0.2) is 5.82 Å². The van der Waals surface area contributed by atoms with E-state index in [4.69, 9.17) is 9.90 Å². The van der Waals surface area contributed by atoms with E-state index in [1.807, 2.05) is 59.8 Å². The summed E-state index contributed by atoms with van der Waals surface area (Å²) in [5.74, 6) is -1.92. The number of amides is 1. The van der Waals surface area contributed by atoms with Crippen molar-refractivity contribution in [3.8, 4) is 33.9 Å². The summed E-state index contributed by atoms with van der Waals surface area (Å²) in [4.78, 5) is 35.5. The fourth-order valence-corrected chi connectivity index (χ4v) is 3.76. The van der Waals surface area contributed by atoms with Crippen LogP contribution in [0.4, 0.5) is 13.2 Å². The van der Waals surface area contributed by atoms with E-state index < -0.39 is 12.1 Å². The van der Waals surface area contributed by atoms with Crippen LogP contribution < -0.4 is 0 Å². The van der Waals surface area contributed by atoms with Gasteiger partial charge < -0.3 is 15.0 Å². The molecule has 1 amide bonds. The molecule has 0 saturated carbocycles. The second kappa shape index (κ2) is 11.1. The molecule has 1 aliphatic rings. The monoisotopic (exact) mass is 512 g/mol. The van der Waals surface area contributed by atoms with E-state index in [1.165, 1.54) is 0 Å². The molecule has 1 fully saturated rings. The smallest absolute Gasteiger partial charge is 0.475 e. The molecular weight excluding hydrogens is 489 g/mol. The third kappa shape index (κ3) is 6.60. The molecule has 5 rings (SSSR count). The maximum atomic E-state index is 12.4.